The van der Waals surface area contributed by atoms with Crippen molar-refractivity contribution in [1.82, 2.24) is 0 Å². The highest BCUT2D eigenvalue weighted by Gasteiger charge is 2.14. The van der Waals surface area contributed by atoms with E-state index in [0.29, 0.717) is 5.56 Å². The molecule has 0 amide bonds. The summed E-state index contributed by atoms with van der Waals surface area (Å²) in [6.07, 6.45) is 1.76. The van der Waals surface area contributed by atoms with Crippen LogP contribution in [0.15, 0.2) is 16.6 Å². The van der Waals surface area contributed by atoms with Crippen LogP contribution in [0.25, 0.3) is 0 Å². The lowest BCUT2D eigenvalue weighted by molar-refractivity contribution is 0.112. The fraction of sp³-hybridized carbons (Fsp3) is 0.222. The van der Waals surface area contributed by atoms with Crippen molar-refractivity contribution in [3.63, 3.8) is 0 Å². The predicted octanol–water partition coefficient (Wildman–Crippen LogP) is 2.20. The van der Waals surface area contributed by atoms with Gasteiger partial charge in [0.15, 0.2) is 6.29 Å². The van der Waals surface area contributed by atoms with Crippen LogP contribution in [-0.4, -0.2) is 12.9 Å². The van der Waals surface area contributed by atoms with Crippen LogP contribution < -0.4 is 4.74 Å². The van der Waals surface area contributed by atoms with Gasteiger partial charge in [0, 0.05) is 16.5 Å². The Labute approximate surface area is 78.7 Å². The van der Waals surface area contributed by atoms with Crippen molar-refractivity contribution in [2.45, 2.75) is 6.42 Å². The minimum atomic E-state index is 0.694. The summed E-state index contributed by atoms with van der Waals surface area (Å²) in [6.45, 7) is 0.726. The van der Waals surface area contributed by atoms with E-state index < -0.39 is 0 Å². The molecule has 0 radical (unpaired) electrons. The quantitative estimate of drug-likeness (QED) is 0.687. The summed E-state index contributed by atoms with van der Waals surface area (Å²) < 4.78 is 6.14. The Bertz CT molecular complexity index is 334. The Morgan fingerprint density at radius 3 is 3.08 bits per heavy atom. The third-order valence-electron chi connectivity index (χ3n) is 1.94. The van der Waals surface area contributed by atoms with Crippen LogP contribution in [-0.2, 0) is 6.42 Å². The Balaban J connectivity index is 2.56. The molecule has 0 spiro atoms. The van der Waals surface area contributed by atoms with Gasteiger partial charge in [-0.25, -0.2) is 0 Å². The van der Waals surface area contributed by atoms with Crippen LogP contribution in [0, 0.1) is 0 Å². The maximum Gasteiger partial charge on any atom is 0.151 e. The van der Waals surface area contributed by atoms with Crippen molar-refractivity contribution >= 4 is 22.2 Å². The van der Waals surface area contributed by atoms with E-state index in [9.17, 15) is 4.79 Å². The second kappa shape index (κ2) is 2.90. The number of halogens is 1. The van der Waals surface area contributed by atoms with Crippen molar-refractivity contribution < 1.29 is 9.53 Å². The lowest BCUT2D eigenvalue weighted by atomic mass is 10.1. The highest BCUT2D eigenvalue weighted by atomic mass is 79.9. The van der Waals surface area contributed by atoms with E-state index in [1.807, 2.05) is 12.1 Å². The molecule has 0 bridgehead atoms. The molecule has 2 rings (SSSR count). The lowest BCUT2D eigenvalue weighted by Gasteiger charge is -2.01. The van der Waals surface area contributed by atoms with E-state index in [-0.39, 0.29) is 0 Å². The van der Waals surface area contributed by atoms with Gasteiger partial charge in [-0.15, -0.1) is 0 Å². The Morgan fingerprint density at radius 2 is 2.33 bits per heavy atom. The molecule has 12 heavy (non-hydrogen) atoms. The van der Waals surface area contributed by atoms with Gasteiger partial charge in [0.2, 0.25) is 0 Å². The third kappa shape index (κ3) is 1.14. The van der Waals surface area contributed by atoms with E-state index in [1.165, 1.54) is 0 Å². The molecule has 0 aromatic heterocycles. The maximum absolute atomic E-state index is 10.6. The first kappa shape index (κ1) is 7.80. The molecular weight excluding hydrogens is 220 g/mol. The SMILES string of the molecule is O=Cc1cc2c(cc1Br)OCC2. The Hall–Kier alpha value is -0.830. The highest BCUT2D eigenvalue weighted by Crippen LogP contribution is 2.30. The van der Waals surface area contributed by atoms with Gasteiger partial charge in [0.1, 0.15) is 5.75 Å². The fourth-order valence-corrected chi connectivity index (χ4v) is 1.73. The van der Waals surface area contributed by atoms with E-state index in [0.717, 1.165) is 35.1 Å². The number of hydrogen-bond acceptors (Lipinski definition) is 2. The van der Waals surface area contributed by atoms with Gasteiger partial charge in [0.25, 0.3) is 0 Å². The summed E-state index contributed by atoms with van der Waals surface area (Å²) >= 11 is 3.30. The Morgan fingerprint density at radius 1 is 1.50 bits per heavy atom. The number of fused-ring (bicyclic) bond motifs is 1. The second-order valence-corrected chi connectivity index (χ2v) is 3.55. The first-order valence-corrected chi connectivity index (χ1v) is 4.51. The summed E-state index contributed by atoms with van der Waals surface area (Å²) in [5.74, 6) is 0.896. The molecule has 1 aliphatic heterocycles. The number of ether oxygens (including phenoxy) is 1. The van der Waals surface area contributed by atoms with Crippen molar-refractivity contribution in [1.29, 1.82) is 0 Å². The second-order valence-electron chi connectivity index (χ2n) is 2.70. The van der Waals surface area contributed by atoms with Crippen molar-refractivity contribution in [3.8, 4) is 5.75 Å². The van der Waals surface area contributed by atoms with Crippen molar-refractivity contribution in [2.24, 2.45) is 0 Å². The number of hydrogen-bond donors (Lipinski definition) is 0. The van der Waals surface area contributed by atoms with Gasteiger partial charge in [-0.05, 0) is 33.6 Å². The zero-order valence-electron chi connectivity index (χ0n) is 6.34. The van der Waals surface area contributed by atoms with Crippen LogP contribution in [0.3, 0.4) is 0 Å². The number of aldehydes is 1. The van der Waals surface area contributed by atoms with Crippen LogP contribution >= 0.6 is 15.9 Å². The molecule has 0 saturated carbocycles. The molecule has 0 saturated heterocycles. The van der Waals surface area contributed by atoms with Crippen LogP contribution in [0.5, 0.6) is 5.75 Å². The smallest absolute Gasteiger partial charge is 0.151 e. The molecule has 1 aliphatic rings. The normalized spacial score (nSPS) is 13.8. The van der Waals surface area contributed by atoms with Crippen LogP contribution in [0.2, 0.25) is 0 Å². The minimum Gasteiger partial charge on any atom is -0.493 e. The molecule has 1 aromatic carbocycles. The molecular formula is C9H7BrO2. The first-order valence-electron chi connectivity index (χ1n) is 3.71. The van der Waals surface area contributed by atoms with E-state index >= 15 is 0 Å². The first-order chi connectivity index (χ1) is 5.81. The molecule has 0 aliphatic carbocycles. The van der Waals surface area contributed by atoms with Gasteiger partial charge in [-0.2, -0.15) is 0 Å². The topological polar surface area (TPSA) is 26.3 Å². The predicted molar refractivity (Wildman–Crippen MR) is 48.7 cm³/mol. The average molecular weight is 227 g/mol. The van der Waals surface area contributed by atoms with Crippen molar-refractivity contribution in [3.05, 3.63) is 27.7 Å². The van der Waals surface area contributed by atoms with Crippen molar-refractivity contribution in [2.75, 3.05) is 6.61 Å². The number of carbonyl (C=O) groups excluding carboxylic acids is 1. The Kier molecular flexibility index (Phi) is 1.89. The molecule has 62 valence electrons. The summed E-state index contributed by atoms with van der Waals surface area (Å²) in [7, 11) is 0. The maximum atomic E-state index is 10.6. The van der Waals surface area contributed by atoms with Gasteiger partial charge in [-0.1, -0.05) is 0 Å². The monoisotopic (exact) mass is 226 g/mol. The van der Waals surface area contributed by atoms with E-state index in [4.69, 9.17) is 4.74 Å². The minimum absolute atomic E-state index is 0.694. The zero-order chi connectivity index (χ0) is 8.55. The van der Waals surface area contributed by atoms with Crippen LogP contribution in [0.1, 0.15) is 15.9 Å². The zero-order valence-corrected chi connectivity index (χ0v) is 7.93. The third-order valence-corrected chi connectivity index (χ3v) is 2.62. The summed E-state index contributed by atoms with van der Waals surface area (Å²) in [5.41, 5.74) is 1.82. The molecule has 0 atom stereocenters. The van der Waals surface area contributed by atoms with Gasteiger partial charge < -0.3 is 4.74 Å². The summed E-state index contributed by atoms with van der Waals surface area (Å²) in [4.78, 5) is 10.6. The summed E-state index contributed by atoms with van der Waals surface area (Å²) in [6, 6.07) is 3.73. The molecule has 0 N–H and O–H groups in total. The van der Waals surface area contributed by atoms with Crippen LogP contribution in [0.4, 0.5) is 0 Å². The largest absolute Gasteiger partial charge is 0.493 e. The fourth-order valence-electron chi connectivity index (χ4n) is 1.31. The molecule has 0 unspecified atom stereocenters. The number of rotatable bonds is 1. The molecule has 3 heteroatoms. The van der Waals surface area contributed by atoms with Gasteiger partial charge in [0.05, 0.1) is 6.61 Å². The van der Waals surface area contributed by atoms with Gasteiger partial charge >= 0.3 is 0 Å². The molecule has 2 nitrogen and oxygen atoms in total. The lowest BCUT2D eigenvalue weighted by Crippen LogP contribution is -1.86. The van der Waals surface area contributed by atoms with Gasteiger partial charge in [-0.3, -0.25) is 4.79 Å². The number of carbonyl (C=O) groups is 1. The molecule has 1 heterocycles. The summed E-state index contributed by atoms with van der Waals surface area (Å²) in [5, 5.41) is 0. The average Bonchev–Trinajstić information content (AvgIpc) is 2.49. The number of benzene rings is 1. The van der Waals surface area contributed by atoms with E-state index in [2.05, 4.69) is 15.9 Å². The molecule has 1 aromatic rings. The highest BCUT2D eigenvalue weighted by molar-refractivity contribution is 9.10. The standard InChI is InChI=1S/C9H7BrO2/c10-8-4-9-6(1-2-12-9)3-7(8)5-11/h3-5H,1-2H2. The molecule has 0 fully saturated rings. The van der Waals surface area contributed by atoms with E-state index in [1.54, 1.807) is 0 Å².